The van der Waals surface area contributed by atoms with Crippen molar-refractivity contribution in [3.05, 3.63) is 0 Å². The fourth-order valence-electron chi connectivity index (χ4n) is 8.62. The van der Waals surface area contributed by atoms with Crippen molar-refractivity contribution in [3.8, 4) is 0 Å². The van der Waals surface area contributed by atoms with Crippen LogP contribution in [0.15, 0.2) is 0 Å². The Morgan fingerprint density at radius 2 is 1.64 bits per heavy atom. The number of fused-ring (bicyclic) bond motifs is 5. The van der Waals surface area contributed by atoms with Gasteiger partial charge in [0.2, 0.25) is 0 Å². The van der Waals surface area contributed by atoms with E-state index in [0.29, 0.717) is 23.4 Å². The van der Waals surface area contributed by atoms with Crippen LogP contribution >= 0.6 is 0 Å². The molecule has 0 aromatic rings. The van der Waals surface area contributed by atoms with Crippen LogP contribution in [-0.4, -0.2) is 22.9 Å². The SMILES string of the molecule is C[C@H](CCO)[C@H]1CCC2C3CCC4C[C@H](O)CC[C@]4(C)C3CC[C@@]21C. The van der Waals surface area contributed by atoms with Gasteiger partial charge in [-0.2, -0.15) is 0 Å². The van der Waals surface area contributed by atoms with Gasteiger partial charge in [-0.05, 0) is 111 Å². The average molecular weight is 349 g/mol. The highest BCUT2D eigenvalue weighted by atomic mass is 16.3. The molecule has 2 nitrogen and oxygen atoms in total. The maximum absolute atomic E-state index is 10.2. The molecule has 4 aliphatic carbocycles. The summed E-state index contributed by atoms with van der Waals surface area (Å²) in [5, 5.41) is 19.6. The first-order chi connectivity index (χ1) is 11.9. The van der Waals surface area contributed by atoms with E-state index in [1.807, 2.05) is 0 Å². The molecular formula is C23H40O2. The third-order valence-electron chi connectivity index (χ3n) is 9.98. The molecule has 4 unspecified atom stereocenters. The first-order valence-electron chi connectivity index (χ1n) is 11.2. The van der Waals surface area contributed by atoms with Crippen LogP contribution in [0.2, 0.25) is 0 Å². The van der Waals surface area contributed by atoms with Gasteiger partial charge in [0.25, 0.3) is 0 Å². The molecule has 0 saturated heterocycles. The molecule has 0 radical (unpaired) electrons. The summed E-state index contributed by atoms with van der Waals surface area (Å²) in [6.45, 7) is 7.94. The highest BCUT2D eigenvalue weighted by molar-refractivity contribution is 5.09. The Labute approximate surface area is 154 Å². The largest absolute Gasteiger partial charge is 0.396 e. The van der Waals surface area contributed by atoms with Crippen LogP contribution in [0.5, 0.6) is 0 Å². The van der Waals surface area contributed by atoms with E-state index in [9.17, 15) is 10.2 Å². The summed E-state index contributed by atoms with van der Waals surface area (Å²) in [5.41, 5.74) is 1.02. The predicted octanol–water partition coefficient (Wildman–Crippen LogP) is 5.02. The number of hydrogen-bond acceptors (Lipinski definition) is 2. The van der Waals surface area contributed by atoms with Crippen LogP contribution in [0.1, 0.15) is 85.0 Å². The Kier molecular flexibility index (Phi) is 4.77. The Morgan fingerprint density at radius 1 is 0.920 bits per heavy atom. The normalized spacial score (nSPS) is 53.6. The summed E-state index contributed by atoms with van der Waals surface area (Å²) in [7, 11) is 0. The monoisotopic (exact) mass is 348 g/mol. The first-order valence-corrected chi connectivity index (χ1v) is 11.2. The van der Waals surface area contributed by atoms with Crippen molar-refractivity contribution in [2.24, 2.45) is 46.3 Å². The molecule has 144 valence electrons. The van der Waals surface area contributed by atoms with E-state index in [1.54, 1.807) is 0 Å². The maximum Gasteiger partial charge on any atom is 0.0543 e. The van der Waals surface area contributed by atoms with Crippen LogP contribution in [0, 0.1) is 46.3 Å². The zero-order valence-electron chi connectivity index (χ0n) is 16.7. The molecule has 2 heteroatoms. The van der Waals surface area contributed by atoms with Crippen molar-refractivity contribution in [1.82, 2.24) is 0 Å². The second-order valence-corrected chi connectivity index (χ2v) is 10.8. The van der Waals surface area contributed by atoms with E-state index < -0.39 is 0 Å². The number of hydrogen-bond donors (Lipinski definition) is 2. The van der Waals surface area contributed by atoms with Crippen molar-refractivity contribution in [3.63, 3.8) is 0 Å². The van der Waals surface area contributed by atoms with Gasteiger partial charge in [0, 0.05) is 6.61 Å². The predicted molar refractivity (Wildman–Crippen MR) is 102 cm³/mol. The van der Waals surface area contributed by atoms with Crippen LogP contribution in [0.25, 0.3) is 0 Å². The lowest BCUT2D eigenvalue weighted by Gasteiger charge is -2.61. The van der Waals surface area contributed by atoms with Gasteiger partial charge in [0.15, 0.2) is 0 Å². The van der Waals surface area contributed by atoms with Gasteiger partial charge in [-0.15, -0.1) is 0 Å². The van der Waals surface area contributed by atoms with E-state index in [4.69, 9.17) is 0 Å². The fraction of sp³-hybridized carbons (Fsp3) is 1.00. The summed E-state index contributed by atoms with van der Waals surface area (Å²) in [6, 6.07) is 0. The first kappa shape index (κ1) is 18.3. The second-order valence-electron chi connectivity index (χ2n) is 10.8. The van der Waals surface area contributed by atoms with E-state index >= 15 is 0 Å². The van der Waals surface area contributed by atoms with E-state index in [2.05, 4.69) is 20.8 Å². The molecule has 0 bridgehead atoms. The average Bonchev–Trinajstić information content (AvgIpc) is 2.93. The minimum absolute atomic E-state index is 0.0290. The molecule has 0 aliphatic heterocycles. The standard InChI is InChI=1S/C23H40O2/c1-15(10-13-24)19-6-7-20-18-5-4-16-14-17(25)8-11-22(16,2)21(18)9-12-23(19,20)3/h15-21,24-25H,4-14H2,1-3H3/t15-,16?,17-,18?,19-,20?,21?,22+,23-/m1/s1. The minimum atomic E-state index is -0.0290. The third kappa shape index (κ3) is 2.73. The molecule has 0 aromatic carbocycles. The summed E-state index contributed by atoms with van der Waals surface area (Å²) in [4.78, 5) is 0. The van der Waals surface area contributed by atoms with Crippen LogP contribution in [0.4, 0.5) is 0 Å². The molecule has 25 heavy (non-hydrogen) atoms. The Morgan fingerprint density at radius 3 is 2.40 bits per heavy atom. The molecule has 0 aromatic heterocycles. The second kappa shape index (κ2) is 6.51. The Hall–Kier alpha value is -0.0800. The zero-order valence-corrected chi connectivity index (χ0v) is 16.7. The van der Waals surface area contributed by atoms with E-state index in [-0.39, 0.29) is 6.10 Å². The van der Waals surface area contributed by atoms with Crippen molar-refractivity contribution in [1.29, 1.82) is 0 Å². The summed E-state index contributed by atoms with van der Waals surface area (Å²) in [6.07, 6.45) is 12.7. The summed E-state index contributed by atoms with van der Waals surface area (Å²) >= 11 is 0. The molecule has 0 spiro atoms. The van der Waals surface area contributed by atoms with Crippen molar-refractivity contribution >= 4 is 0 Å². The van der Waals surface area contributed by atoms with Gasteiger partial charge in [-0.1, -0.05) is 20.8 Å². The molecule has 0 heterocycles. The van der Waals surface area contributed by atoms with Gasteiger partial charge >= 0.3 is 0 Å². The molecule has 4 rings (SSSR count). The minimum Gasteiger partial charge on any atom is -0.396 e. The van der Waals surface area contributed by atoms with Gasteiger partial charge in [0.1, 0.15) is 0 Å². The van der Waals surface area contributed by atoms with Gasteiger partial charge in [-0.25, -0.2) is 0 Å². The van der Waals surface area contributed by atoms with E-state index in [0.717, 1.165) is 48.9 Å². The molecule has 4 aliphatic rings. The lowest BCUT2D eigenvalue weighted by atomic mass is 9.44. The highest BCUT2D eigenvalue weighted by Gasteiger charge is 2.60. The van der Waals surface area contributed by atoms with Crippen LogP contribution < -0.4 is 0 Å². The number of rotatable bonds is 3. The van der Waals surface area contributed by atoms with Crippen LogP contribution in [0.3, 0.4) is 0 Å². The Bertz CT molecular complexity index is 490. The smallest absolute Gasteiger partial charge is 0.0543 e. The molecule has 0 amide bonds. The lowest BCUT2D eigenvalue weighted by Crippen LogP contribution is -2.54. The van der Waals surface area contributed by atoms with Gasteiger partial charge in [-0.3, -0.25) is 0 Å². The Balaban J connectivity index is 1.56. The van der Waals surface area contributed by atoms with Gasteiger partial charge < -0.3 is 10.2 Å². The fourth-order valence-corrected chi connectivity index (χ4v) is 8.62. The number of aliphatic hydroxyl groups is 2. The highest BCUT2D eigenvalue weighted by Crippen LogP contribution is 2.68. The summed E-state index contributed by atoms with van der Waals surface area (Å²) < 4.78 is 0. The van der Waals surface area contributed by atoms with Gasteiger partial charge in [0.05, 0.1) is 6.10 Å². The topological polar surface area (TPSA) is 40.5 Å². The molecule has 4 fully saturated rings. The number of aliphatic hydroxyl groups excluding tert-OH is 2. The lowest BCUT2D eigenvalue weighted by molar-refractivity contribution is -0.129. The van der Waals surface area contributed by atoms with Crippen molar-refractivity contribution < 1.29 is 10.2 Å². The quantitative estimate of drug-likeness (QED) is 0.751. The van der Waals surface area contributed by atoms with E-state index in [1.165, 1.54) is 44.9 Å². The molecule has 2 N–H and O–H groups in total. The van der Waals surface area contributed by atoms with Crippen molar-refractivity contribution in [2.75, 3.05) is 6.61 Å². The molecule has 4 saturated carbocycles. The zero-order chi connectivity index (χ0) is 17.8. The van der Waals surface area contributed by atoms with Crippen molar-refractivity contribution in [2.45, 2.75) is 91.1 Å². The molecule has 9 atom stereocenters. The molecular weight excluding hydrogens is 308 g/mol. The third-order valence-corrected chi connectivity index (χ3v) is 9.98. The van der Waals surface area contributed by atoms with Crippen LogP contribution in [-0.2, 0) is 0 Å². The maximum atomic E-state index is 10.2. The summed E-state index contributed by atoms with van der Waals surface area (Å²) in [5.74, 6) is 5.03.